The molecular formula is C37H32ClF4N5O4. The fourth-order valence-corrected chi connectivity index (χ4v) is 5.11. The summed E-state index contributed by atoms with van der Waals surface area (Å²) in [6.07, 6.45) is 0.465. The number of H-pyrrole nitrogens is 2. The van der Waals surface area contributed by atoms with Crippen LogP contribution in [0.3, 0.4) is 0 Å². The standard InChI is InChI=1S/C19H16F2N2O2.C10H5ClF2N2O2.C8H11N/c1-12(13-5-3-2-4-6-13)7-16-11-18(24)23(19(25)22-16)17-9-14(20)8-15(21)10-17;11-8-4-9(16)15(10(17)14-8)7-2-5(12)1-6(13)3-7;1-7(9)8-5-3-2-4-6-8/h2-6,8-12H,7H2,1H3,(H,22,25);1-4H,(H,14,17);2-7H,9H2,1H3/t12-;;7-/m1.0/s1. The Morgan fingerprint density at radius 1 is 0.608 bits per heavy atom. The maximum Gasteiger partial charge on any atom is 0.334 e. The number of nitrogens with zero attached hydrogens (tertiary/aromatic N) is 2. The molecule has 0 fully saturated rings. The number of aromatic nitrogens is 4. The number of nitrogens with two attached hydrogens (primary N) is 1. The van der Waals surface area contributed by atoms with Gasteiger partial charge in [0.25, 0.3) is 11.1 Å². The molecule has 2 aromatic heterocycles. The van der Waals surface area contributed by atoms with Gasteiger partial charge in [0.1, 0.15) is 28.4 Å². The molecule has 0 aliphatic rings. The van der Waals surface area contributed by atoms with Gasteiger partial charge in [-0.15, -0.1) is 0 Å². The molecule has 9 nitrogen and oxygen atoms in total. The van der Waals surface area contributed by atoms with Crippen molar-refractivity contribution in [2.45, 2.75) is 32.2 Å². The highest BCUT2D eigenvalue weighted by Gasteiger charge is 2.13. The normalized spacial score (nSPS) is 11.8. The van der Waals surface area contributed by atoms with Crippen LogP contribution in [-0.2, 0) is 6.42 Å². The number of rotatable bonds is 6. The molecule has 2 atom stereocenters. The molecule has 4 aromatic carbocycles. The van der Waals surface area contributed by atoms with Gasteiger partial charge in [0.15, 0.2) is 0 Å². The number of benzene rings is 4. The maximum atomic E-state index is 13.3. The van der Waals surface area contributed by atoms with Crippen LogP contribution in [0.2, 0.25) is 5.15 Å². The van der Waals surface area contributed by atoms with Crippen LogP contribution in [0.25, 0.3) is 11.4 Å². The molecule has 0 saturated carbocycles. The molecule has 14 heteroatoms. The van der Waals surface area contributed by atoms with E-state index in [4.69, 9.17) is 17.3 Å². The third-order valence-electron chi connectivity index (χ3n) is 7.32. The van der Waals surface area contributed by atoms with Gasteiger partial charge in [0.2, 0.25) is 0 Å². The molecule has 4 N–H and O–H groups in total. The molecule has 0 saturated heterocycles. The van der Waals surface area contributed by atoms with Crippen molar-refractivity contribution in [2.75, 3.05) is 0 Å². The minimum absolute atomic E-state index is 0.0960. The third kappa shape index (κ3) is 10.6. The van der Waals surface area contributed by atoms with E-state index in [0.29, 0.717) is 33.4 Å². The van der Waals surface area contributed by atoms with E-state index < -0.39 is 45.8 Å². The molecule has 0 spiro atoms. The molecule has 51 heavy (non-hydrogen) atoms. The highest BCUT2D eigenvalue weighted by molar-refractivity contribution is 6.29. The predicted octanol–water partition coefficient (Wildman–Crippen LogP) is 6.31. The lowest BCUT2D eigenvalue weighted by molar-refractivity contribution is 0.579. The molecule has 0 unspecified atom stereocenters. The summed E-state index contributed by atoms with van der Waals surface area (Å²) in [4.78, 5) is 52.3. The zero-order chi connectivity index (χ0) is 37.2. The van der Waals surface area contributed by atoms with E-state index in [2.05, 4.69) is 9.97 Å². The second-order valence-electron chi connectivity index (χ2n) is 11.3. The summed E-state index contributed by atoms with van der Waals surface area (Å²) in [5.74, 6) is -3.40. The summed E-state index contributed by atoms with van der Waals surface area (Å²) >= 11 is 5.46. The van der Waals surface area contributed by atoms with Crippen LogP contribution >= 0.6 is 11.6 Å². The van der Waals surface area contributed by atoms with Crippen molar-refractivity contribution < 1.29 is 17.6 Å². The van der Waals surface area contributed by atoms with Crippen molar-refractivity contribution in [3.63, 3.8) is 0 Å². The lowest BCUT2D eigenvalue weighted by Gasteiger charge is -2.12. The van der Waals surface area contributed by atoms with Gasteiger partial charge in [-0.25, -0.2) is 36.3 Å². The average molecular weight is 722 g/mol. The first-order valence-corrected chi connectivity index (χ1v) is 15.7. The Hall–Kier alpha value is -5.79. The summed E-state index contributed by atoms with van der Waals surface area (Å²) in [7, 11) is 0. The predicted molar refractivity (Wildman–Crippen MR) is 188 cm³/mol. The Morgan fingerprint density at radius 3 is 1.41 bits per heavy atom. The van der Waals surface area contributed by atoms with Crippen molar-refractivity contribution >= 4 is 11.6 Å². The number of nitrogens with one attached hydrogen (secondary N) is 2. The van der Waals surface area contributed by atoms with E-state index >= 15 is 0 Å². The molecule has 0 bridgehead atoms. The third-order valence-corrected chi connectivity index (χ3v) is 7.52. The summed E-state index contributed by atoms with van der Waals surface area (Å²) < 4.78 is 53.9. The molecule has 0 radical (unpaired) electrons. The molecule has 264 valence electrons. The Morgan fingerprint density at radius 2 is 1.02 bits per heavy atom. The number of hydrogen-bond acceptors (Lipinski definition) is 5. The van der Waals surface area contributed by atoms with Gasteiger partial charge >= 0.3 is 11.4 Å². The van der Waals surface area contributed by atoms with Gasteiger partial charge in [-0.2, -0.15) is 0 Å². The first kappa shape index (κ1) is 38.0. The molecule has 0 aliphatic carbocycles. The smallest absolute Gasteiger partial charge is 0.324 e. The van der Waals surface area contributed by atoms with E-state index in [0.717, 1.165) is 35.9 Å². The van der Waals surface area contributed by atoms with E-state index in [-0.39, 0.29) is 28.5 Å². The Bertz CT molecular complexity index is 2240. The Balaban J connectivity index is 0.000000192. The van der Waals surface area contributed by atoms with E-state index in [1.807, 2.05) is 74.5 Å². The van der Waals surface area contributed by atoms with Crippen molar-refractivity contribution in [3.05, 3.63) is 196 Å². The van der Waals surface area contributed by atoms with E-state index in [1.54, 1.807) is 0 Å². The van der Waals surface area contributed by atoms with Crippen molar-refractivity contribution in [1.82, 2.24) is 19.1 Å². The van der Waals surface area contributed by atoms with E-state index in [9.17, 15) is 36.7 Å². The van der Waals surface area contributed by atoms with Crippen LogP contribution in [0.5, 0.6) is 0 Å². The number of hydrogen-bond donors (Lipinski definition) is 3. The van der Waals surface area contributed by atoms with E-state index in [1.165, 1.54) is 11.6 Å². The highest BCUT2D eigenvalue weighted by Crippen LogP contribution is 2.18. The zero-order valence-corrected chi connectivity index (χ0v) is 28.0. The summed E-state index contributed by atoms with van der Waals surface area (Å²) in [6, 6.07) is 27.1. The summed E-state index contributed by atoms with van der Waals surface area (Å²) in [6.45, 7) is 3.97. The Kier molecular flexibility index (Phi) is 12.8. The minimum Gasteiger partial charge on any atom is -0.324 e. The van der Waals surface area contributed by atoms with Gasteiger partial charge in [0.05, 0.1) is 11.4 Å². The zero-order valence-electron chi connectivity index (χ0n) is 27.2. The summed E-state index contributed by atoms with van der Waals surface area (Å²) in [5, 5.41) is -0.145. The minimum atomic E-state index is -0.888. The second kappa shape index (κ2) is 17.2. The quantitative estimate of drug-likeness (QED) is 0.137. The summed E-state index contributed by atoms with van der Waals surface area (Å²) in [5.41, 5.74) is 5.00. The van der Waals surface area contributed by atoms with Gasteiger partial charge in [-0.05, 0) is 54.7 Å². The first-order chi connectivity index (χ1) is 24.2. The molecule has 6 aromatic rings. The van der Waals surface area contributed by atoms with Crippen LogP contribution in [-0.4, -0.2) is 19.1 Å². The van der Waals surface area contributed by atoms with Crippen LogP contribution < -0.4 is 28.2 Å². The van der Waals surface area contributed by atoms with Gasteiger partial charge in [0, 0.05) is 36.0 Å². The van der Waals surface area contributed by atoms with Crippen molar-refractivity contribution in [3.8, 4) is 11.4 Å². The SMILES string of the molecule is C[C@H](Cc1cc(=O)n(-c2cc(F)cc(F)c2)c(=O)[nH]1)c1ccccc1.C[C@H](N)c1ccccc1.O=c1cc(Cl)[nH]c(=O)n1-c1cc(F)cc(F)c1. The maximum absolute atomic E-state index is 13.3. The lowest BCUT2D eigenvalue weighted by atomic mass is 9.96. The fourth-order valence-electron chi connectivity index (χ4n) is 4.93. The van der Waals surface area contributed by atoms with Crippen molar-refractivity contribution in [2.24, 2.45) is 5.73 Å². The molecule has 0 amide bonds. The lowest BCUT2D eigenvalue weighted by Crippen LogP contribution is -2.34. The number of halogens is 5. The average Bonchev–Trinajstić information content (AvgIpc) is 3.04. The second-order valence-corrected chi connectivity index (χ2v) is 11.7. The topological polar surface area (TPSA) is 136 Å². The van der Waals surface area contributed by atoms with Crippen LogP contribution in [0.15, 0.2) is 128 Å². The molecular weight excluding hydrogens is 690 g/mol. The number of aromatic amines is 2. The Labute approximate surface area is 293 Å². The largest absolute Gasteiger partial charge is 0.334 e. The van der Waals surface area contributed by atoms with Gasteiger partial charge < -0.3 is 10.7 Å². The van der Waals surface area contributed by atoms with Crippen LogP contribution in [0.1, 0.15) is 42.6 Å². The monoisotopic (exact) mass is 721 g/mol. The van der Waals surface area contributed by atoms with Gasteiger partial charge in [-0.3, -0.25) is 14.6 Å². The van der Waals surface area contributed by atoms with Crippen LogP contribution in [0.4, 0.5) is 17.6 Å². The van der Waals surface area contributed by atoms with Gasteiger partial charge in [-0.1, -0.05) is 79.2 Å². The van der Waals surface area contributed by atoms with Crippen LogP contribution in [0, 0.1) is 23.3 Å². The first-order valence-electron chi connectivity index (χ1n) is 15.4. The highest BCUT2D eigenvalue weighted by atomic mass is 35.5. The molecule has 6 rings (SSSR count). The molecule has 2 heterocycles. The molecule has 0 aliphatic heterocycles. The van der Waals surface area contributed by atoms with Crippen molar-refractivity contribution in [1.29, 1.82) is 0 Å². The fraction of sp³-hybridized carbons (Fsp3) is 0.135.